The van der Waals surface area contributed by atoms with Crippen molar-refractivity contribution in [2.45, 2.75) is 20.8 Å². The van der Waals surface area contributed by atoms with Gasteiger partial charge in [-0.15, -0.1) is 0 Å². The first-order valence-corrected chi connectivity index (χ1v) is 6.83. The maximum absolute atomic E-state index is 12.0. The Morgan fingerprint density at radius 2 is 2.00 bits per heavy atom. The Kier molecular flexibility index (Phi) is 5.23. The van der Waals surface area contributed by atoms with Crippen molar-refractivity contribution >= 4 is 28.2 Å². The van der Waals surface area contributed by atoms with Crippen molar-refractivity contribution in [2.75, 3.05) is 25.5 Å². The topological polar surface area (TPSA) is 53.5 Å². The number of carbonyl (C=O) groups excluding carboxylic acids is 2. The Hall–Kier alpha value is -1.69. The average Bonchev–Trinajstić information content (AvgIpc) is 2.68. The molecule has 0 fully saturated rings. The van der Waals surface area contributed by atoms with Gasteiger partial charge in [-0.3, -0.25) is 14.5 Å². The highest BCUT2D eigenvalue weighted by Gasteiger charge is 2.18. The molecule has 1 rings (SSSR count). The summed E-state index contributed by atoms with van der Waals surface area (Å²) >= 11 is 1.25. The molecule has 0 atom stereocenters. The summed E-state index contributed by atoms with van der Waals surface area (Å²) in [5.41, 5.74) is 0.660. The third-order valence-corrected chi connectivity index (χ3v) is 3.66. The van der Waals surface area contributed by atoms with Gasteiger partial charge >= 0.3 is 0 Å². The molecular formula is C13H19N3O2S. The van der Waals surface area contributed by atoms with Crippen LogP contribution in [-0.2, 0) is 4.79 Å². The molecule has 0 saturated heterocycles. The number of amides is 1. The molecule has 0 aliphatic heterocycles. The molecule has 0 spiro atoms. The van der Waals surface area contributed by atoms with E-state index in [1.165, 1.54) is 24.3 Å². The predicted molar refractivity (Wildman–Crippen MR) is 77.7 cm³/mol. The zero-order valence-corrected chi connectivity index (χ0v) is 12.7. The largest absolute Gasteiger partial charge is 0.383 e. The van der Waals surface area contributed by atoms with Gasteiger partial charge in [-0.25, -0.2) is 4.98 Å². The van der Waals surface area contributed by atoms with E-state index in [1.54, 1.807) is 22.9 Å². The van der Waals surface area contributed by atoms with Crippen LogP contribution in [0.25, 0.3) is 0 Å². The van der Waals surface area contributed by atoms with E-state index < -0.39 is 0 Å². The van der Waals surface area contributed by atoms with Crippen molar-refractivity contribution in [3.8, 4) is 0 Å². The molecule has 1 amide bonds. The minimum Gasteiger partial charge on any atom is -0.383 e. The van der Waals surface area contributed by atoms with Crippen molar-refractivity contribution in [3.63, 3.8) is 0 Å². The first kappa shape index (κ1) is 15.4. The van der Waals surface area contributed by atoms with Gasteiger partial charge in [0.05, 0.1) is 10.6 Å². The molecule has 19 heavy (non-hydrogen) atoms. The van der Waals surface area contributed by atoms with Crippen molar-refractivity contribution in [1.82, 2.24) is 9.88 Å². The van der Waals surface area contributed by atoms with Crippen LogP contribution in [0.2, 0.25) is 0 Å². The highest BCUT2D eigenvalue weighted by molar-refractivity contribution is 7.18. The zero-order valence-electron chi connectivity index (χ0n) is 11.9. The van der Waals surface area contributed by atoms with Gasteiger partial charge in [0.25, 0.3) is 0 Å². The molecule has 1 aromatic heterocycles. The van der Waals surface area contributed by atoms with Crippen molar-refractivity contribution in [1.29, 1.82) is 0 Å². The summed E-state index contributed by atoms with van der Waals surface area (Å²) in [6.07, 6.45) is 3.21. The summed E-state index contributed by atoms with van der Waals surface area (Å²) in [5, 5.41) is 0.578. The molecule has 0 N–H and O–H groups in total. The van der Waals surface area contributed by atoms with Crippen LogP contribution in [0.1, 0.15) is 29.2 Å². The van der Waals surface area contributed by atoms with Gasteiger partial charge in [0.1, 0.15) is 0 Å². The maximum Gasteiger partial charge on any atom is 0.225 e. The summed E-state index contributed by atoms with van der Waals surface area (Å²) in [6, 6.07) is 0. The third-order valence-electron chi connectivity index (χ3n) is 2.46. The zero-order chi connectivity index (χ0) is 14.6. The molecule has 104 valence electrons. The summed E-state index contributed by atoms with van der Waals surface area (Å²) < 4.78 is 0. The number of ketones is 1. The highest BCUT2D eigenvalue weighted by Crippen LogP contribution is 2.26. The van der Waals surface area contributed by atoms with Crippen molar-refractivity contribution < 1.29 is 9.59 Å². The second-order valence-electron chi connectivity index (χ2n) is 4.32. The number of aromatic nitrogens is 1. The molecule has 0 saturated carbocycles. The van der Waals surface area contributed by atoms with Crippen LogP contribution in [0, 0.1) is 6.92 Å². The van der Waals surface area contributed by atoms with E-state index in [-0.39, 0.29) is 11.7 Å². The fraction of sp³-hybridized carbons (Fsp3) is 0.462. The molecular weight excluding hydrogens is 262 g/mol. The fourth-order valence-corrected chi connectivity index (χ4v) is 2.61. The van der Waals surface area contributed by atoms with Gasteiger partial charge in [-0.05, 0) is 13.8 Å². The molecule has 0 aromatic carbocycles. The molecule has 1 heterocycles. The minimum absolute atomic E-state index is 0.0703. The van der Waals surface area contributed by atoms with Crippen LogP contribution < -0.4 is 4.90 Å². The number of anilines is 1. The van der Waals surface area contributed by atoms with E-state index in [0.717, 1.165) is 0 Å². The normalized spacial score (nSPS) is 10.8. The van der Waals surface area contributed by atoms with Crippen molar-refractivity contribution in [2.24, 2.45) is 0 Å². The highest BCUT2D eigenvalue weighted by atomic mass is 32.1. The van der Waals surface area contributed by atoms with E-state index >= 15 is 0 Å². The van der Waals surface area contributed by atoms with Gasteiger partial charge in [-0.1, -0.05) is 11.3 Å². The van der Waals surface area contributed by atoms with Crippen LogP contribution in [0.15, 0.2) is 12.3 Å². The number of hydrogen-bond acceptors (Lipinski definition) is 5. The van der Waals surface area contributed by atoms with Crippen LogP contribution in [0.4, 0.5) is 5.13 Å². The van der Waals surface area contributed by atoms with E-state index in [4.69, 9.17) is 0 Å². The summed E-state index contributed by atoms with van der Waals surface area (Å²) in [6.45, 7) is 5.70. The van der Waals surface area contributed by atoms with E-state index in [0.29, 0.717) is 22.2 Å². The molecule has 0 bridgehead atoms. The lowest BCUT2D eigenvalue weighted by atomic mass is 10.3. The molecule has 5 nitrogen and oxygen atoms in total. The summed E-state index contributed by atoms with van der Waals surface area (Å²) in [5.74, 6) is -0.159. The Balaban J connectivity index is 3.02. The van der Waals surface area contributed by atoms with Crippen molar-refractivity contribution in [3.05, 3.63) is 22.8 Å². The third kappa shape index (κ3) is 3.89. The Morgan fingerprint density at radius 3 is 2.47 bits per heavy atom. The smallest absolute Gasteiger partial charge is 0.225 e. The number of rotatable bonds is 5. The molecule has 1 aromatic rings. The number of aryl methyl sites for hydroxylation is 1. The van der Waals surface area contributed by atoms with Crippen LogP contribution in [-0.4, -0.2) is 42.2 Å². The SMILES string of the molecule is CCN(C(C)=O)c1nc(C)c(C(=O)/C=C/N(C)C)s1. The summed E-state index contributed by atoms with van der Waals surface area (Å²) in [7, 11) is 3.70. The minimum atomic E-state index is -0.0884. The summed E-state index contributed by atoms with van der Waals surface area (Å²) in [4.78, 5) is 31.7. The quantitative estimate of drug-likeness (QED) is 0.612. The second kappa shape index (κ2) is 6.47. The lowest BCUT2D eigenvalue weighted by molar-refractivity contribution is -0.116. The van der Waals surface area contributed by atoms with E-state index in [2.05, 4.69) is 4.98 Å². The predicted octanol–water partition coefficient (Wildman–Crippen LogP) is 2.08. The standard InChI is InChI=1S/C13H19N3O2S/c1-6-16(10(3)17)13-14-9(2)12(19-13)11(18)7-8-15(4)5/h7-8H,6H2,1-5H3/b8-7+. The number of thiazole rings is 1. The lowest BCUT2D eigenvalue weighted by Crippen LogP contribution is -2.27. The molecule has 6 heteroatoms. The van der Waals surface area contributed by atoms with Gasteiger partial charge in [0.15, 0.2) is 10.9 Å². The molecule has 0 aliphatic rings. The fourth-order valence-electron chi connectivity index (χ4n) is 1.51. The second-order valence-corrected chi connectivity index (χ2v) is 5.30. The Bertz CT molecular complexity index is 506. The average molecular weight is 281 g/mol. The van der Waals surface area contributed by atoms with Gasteiger partial charge in [0, 0.05) is 39.8 Å². The lowest BCUT2D eigenvalue weighted by Gasteiger charge is -2.14. The first-order chi connectivity index (χ1) is 8.86. The molecule has 0 radical (unpaired) electrons. The van der Waals surface area contributed by atoms with Crippen LogP contribution in [0.3, 0.4) is 0 Å². The van der Waals surface area contributed by atoms with Gasteiger partial charge in [0.2, 0.25) is 5.91 Å². The van der Waals surface area contributed by atoms with E-state index in [9.17, 15) is 9.59 Å². The monoisotopic (exact) mass is 281 g/mol. The molecule has 0 aliphatic carbocycles. The number of nitrogens with zero attached hydrogens (tertiary/aromatic N) is 3. The van der Waals surface area contributed by atoms with Crippen LogP contribution >= 0.6 is 11.3 Å². The maximum atomic E-state index is 12.0. The van der Waals surface area contributed by atoms with Gasteiger partial charge < -0.3 is 4.90 Å². The van der Waals surface area contributed by atoms with Gasteiger partial charge in [-0.2, -0.15) is 0 Å². The Labute approximate surface area is 117 Å². The van der Waals surface area contributed by atoms with E-state index in [1.807, 2.05) is 21.0 Å². The number of carbonyl (C=O) groups is 2. The number of hydrogen-bond donors (Lipinski definition) is 0. The Morgan fingerprint density at radius 1 is 1.37 bits per heavy atom. The molecule has 0 unspecified atom stereocenters. The first-order valence-electron chi connectivity index (χ1n) is 6.01. The number of allylic oxidation sites excluding steroid dienone is 1. The van der Waals surface area contributed by atoms with Crippen LogP contribution in [0.5, 0.6) is 0 Å².